The van der Waals surface area contributed by atoms with E-state index >= 15 is 0 Å². The van der Waals surface area contributed by atoms with Gasteiger partial charge in [-0.05, 0) is 38.2 Å². The number of aryl methyl sites for hydroxylation is 1. The molecule has 1 aliphatic heterocycles. The van der Waals surface area contributed by atoms with Gasteiger partial charge in [0.1, 0.15) is 10.6 Å². The van der Waals surface area contributed by atoms with Crippen LogP contribution in [0.25, 0.3) is 10.2 Å². The summed E-state index contributed by atoms with van der Waals surface area (Å²) in [5, 5.41) is 1.16. The van der Waals surface area contributed by atoms with Crippen molar-refractivity contribution in [2.75, 3.05) is 23.7 Å². The molecule has 4 nitrogen and oxygen atoms in total. The van der Waals surface area contributed by atoms with Crippen LogP contribution in [0.1, 0.15) is 31.1 Å². The van der Waals surface area contributed by atoms with E-state index in [-0.39, 0.29) is 0 Å². The summed E-state index contributed by atoms with van der Waals surface area (Å²) in [6.07, 6.45) is 3.77. The summed E-state index contributed by atoms with van der Waals surface area (Å²) in [6, 6.07) is 2.18. The molecule has 1 unspecified atom stereocenters. The van der Waals surface area contributed by atoms with Crippen LogP contribution < -0.4 is 10.6 Å². The van der Waals surface area contributed by atoms with Crippen LogP contribution in [0.5, 0.6) is 0 Å². The van der Waals surface area contributed by atoms with Crippen molar-refractivity contribution in [3.63, 3.8) is 0 Å². The quantitative estimate of drug-likeness (QED) is 0.869. The zero-order valence-electron chi connectivity index (χ0n) is 11.5. The van der Waals surface area contributed by atoms with Gasteiger partial charge in [0.2, 0.25) is 5.95 Å². The number of nitrogens with two attached hydrogens (primary N) is 1. The van der Waals surface area contributed by atoms with E-state index in [1.54, 1.807) is 11.3 Å². The van der Waals surface area contributed by atoms with Crippen LogP contribution in [0.4, 0.5) is 11.8 Å². The Balaban J connectivity index is 2.03. The maximum Gasteiger partial charge on any atom is 0.223 e. The summed E-state index contributed by atoms with van der Waals surface area (Å²) in [7, 11) is 0. The third kappa shape index (κ3) is 2.52. The molecule has 5 heteroatoms. The molecule has 2 aromatic heterocycles. The molecular weight excluding hydrogens is 256 g/mol. The number of nitrogens with zero attached hydrogens (tertiary/aromatic N) is 3. The summed E-state index contributed by atoms with van der Waals surface area (Å²) < 4.78 is 0. The highest BCUT2D eigenvalue weighted by Crippen LogP contribution is 2.32. The van der Waals surface area contributed by atoms with Crippen LogP contribution in [0.2, 0.25) is 0 Å². The van der Waals surface area contributed by atoms with Crippen molar-refractivity contribution in [2.45, 2.75) is 33.1 Å². The molecule has 2 aromatic rings. The lowest BCUT2D eigenvalue weighted by Gasteiger charge is -2.22. The Kier molecular flexibility index (Phi) is 3.31. The van der Waals surface area contributed by atoms with Gasteiger partial charge >= 0.3 is 0 Å². The standard InChI is InChI=1S/C14H20N4S/c1-9-4-3-6-18(7-5-9)12-11-8-10(2)19-13(11)17-14(15)16-12/h8-9H,3-7H2,1-2H3,(H2,15,16,17). The predicted molar refractivity (Wildman–Crippen MR) is 81.8 cm³/mol. The molecule has 0 amide bonds. The van der Waals surface area contributed by atoms with E-state index in [4.69, 9.17) is 5.73 Å². The first kappa shape index (κ1) is 12.7. The number of rotatable bonds is 1. The maximum absolute atomic E-state index is 5.86. The second-order valence-electron chi connectivity index (χ2n) is 5.50. The number of hydrogen-bond donors (Lipinski definition) is 1. The molecule has 3 heterocycles. The molecule has 0 aromatic carbocycles. The van der Waals surface area contributed by atoms with Crippen LogP contribution in [-0.4, -0.2) is 23.1 Å². The van der Waals surface area contributed by atoms with Crippen molar-refractivity contribution >= 4 is 33.3 Å². The number of anilines is 2. The molecule has 1 fully saturated rings. The van der Waals surface area contributed by atoms with Gasteiger partial charge in [0.05, 0.1) is 5.39 Å². The normalized spacial score (nSPS) is 20.7. The first-order valence-corrected chi connectivity index (χ1v) is 7.74. The van der Waals surface area contributed by atoms with Crippen molar-refractivity contribution in [1.82, 2.24) is 9.97 Å². The zero-order chi connectivity index (χ0) is 13.4. The van der Waals surface area contributed by atoms with Crippen LogP contribution in [-0.2, 0) is 0 Å². The van der Waals surface area contributed by atoms with Crippen LogP contribution in [0.3, 0.4) is 0 Å². The number of nitrogen functional groups attached to an aromatic ring is 1. The topological polar surface area (TPSA) is 55.0 Å². The Bertz CT molecular complexity index is 592. The molecule has 2 N–H and O–H groups in total. The van der Waals surface area contributed by atoms with Gasteiger partial charge in [0.15, 0.2) is 0 Å². The molecule has 0 bridgehead atoms. The minimum absolute atomic E-state index is 0.390. The van der Waals surface area contributed by atoms with Crippen molar-refractivity contribution in [3.05, 3.63) is 10.9 Å². The molecule has 1 atom stereocenters. The van der Waals surface area contributed by atoms with Crippen molar-refractivity contribution in [2.24, 2.45) is 5.92 Å². The van der Waals surface area contributed by atoms with E-state index in [2.05, 4.69) is 34.8 Å². The fourth-order valence-corrected chi connectivity index (χ4v) is 3.64. The van der Waals surface area contributed by atoms with Gasteiger partial charge in [0, 0.05) is 18.0 Å². The van der Waals surface area contributed by atoms with Crippen molar-refractivity contribution < 1.29 is 0 Å². The molecule has 102 valence electrons. The van der Waals surface area contributed by atoms with Gasteiger partial charge < -0.3 is 10.6 Å². The van der Waals surface area contributed by atoms with Gasteiger partial charge in [-0.3, -0.25) is 0 Å². The van der Waals surface area contributed by atoms with E-state index in [1.165, 1.54) is 24.1 Å². The summed E-state index contributed by atoms with van der Waals surface area (Å²) >= 11 is 1.69. The van der Waals surface area contributed by atoms with Gasteiger partial charge in [-0.2, -0.15) is 4.98 Å². The second kappa shape index (κ2) is 4.96. The molecule has 3 rings (SSSR count). The van der Waals surface area contributed by atoms with Gasteiger partial charge in [-0.25, -0.2) is 4.98 Å². The monoisotopic (exact) mass is 276 g/mol. The predicted octanol–water partition coefficient (Wildman–Crippen LogP) is 3.21. The average Bonchev–Trinajstić information content (AvgIpc) is 2.58. The highest BCUT2D eigenvalue weighted by atomic mass is 32.1. The summed E-state index contributed by atoms with van der Waals surface area (Å²) in [5.74, 6) is 2.23. The second-order valence-corrected chi connectivity index (χ2v) is 6.74. The molecule has 0 spiro atoms. The van der Waals surface area contributed by atoms with Crippen molar-refractivity contribution in [3.8, 4) is 0 Å². The van der Waals surface area contributed by atoms with Crippen molar-refractivity contribution in [1.29, 1.82) is 0 Å². The smallest absolute Gasteiger partial charge is 0.223 e. The van der Waals surface area contributed by atoms with E-state index < -0.39 is 0 Å². The molecule has 1 aliphatic rings. The SMILES string of the molecule is Cc1cc2c(N3CCCC(C)CC3)nc(N)nc2s1. The molecule has 0 aliphatic carbocycles. The third-order valence-electron chi connectivity index (χ3n) is 3.83. The Hall–Kier alpha value is -1.36. The largest absolute Gasteiger partial charge is 0.368 e. The van der Waals surface area contributed by atoms with E-state index in [0.29, 0.717) is 5.95 Å². The highest BCUT2D eigenvalue weighted by Gasteiger charge is 2.19. The maximum atomic E-state index is 5.86. The fourth-order valence-electron chi connectivity index (χ4n) is 2.76. The van der Waals surface area contributed by atoms with Crippen LogP contribution in [0, 0.1) is 12.8 Å². The minimum Gasteiger partial charge on any atom is -0.368 e. The van der Waals surface area contributed by atoms with Crippen LogP contribution >= 0.6 is 11.3 Å². The summed E-state index contributed by atoms with van der Waals surface area (Å²) in [6.45, 7) is 6.59. The van der Waals surface area contributed by atoms with E-state index in [1.807, 2.05) is 0 Å². The van der Waals surface area contributed by atoms with Gasteiger partial charge in [0.25, 0.3) is 0 Å². The van der Waals surface area contributed by atoms with Crippen LogP contribution in [0.15, 0.2) is 6.07 Å². The number of hydrogen-bond acceptors (Lipinski definition) is 5. The Morgan fingerprint density at radius 2 is 2.16 bits per heavy atom. The third-order valence-corrected chi connectivity index (χ3v) is 4.77. The lowest BCUT2D eigenvalue weighted by atomic mass is 10.0. The average molecular weight is 276 g/mol. The summed E-state index contributed by atoms with van der Waals surface area (Å²) in [4.78, 5) is 13.5. The van der Waals surface area contributed by atoms with E-state index in [9.17, 15) is 0 Å². The lowest BCUT2D eigenvalue weighted by molar-refractivity contribution is 0.521. The Labute approximate surface area is 117 Å². The minimum atomic E-state index is 0.390. The number of aromatic nitrogens is 2. The number of thiophene rings is 1. The van der Waals surface area contributed by atoms with Gasteiger partial charge in [-0.1, -0.05) is 6.92 Å². The Morgan fingerprint density at radius 1 is 1.32 bits per heavy atom. The lowest BCUT2D eigenvalue weighted by Crippen LogP contribution is -2.25. The Morgan fingerprint density at radius 3 is 3.00 bits per heavy atom. The van der Waals surface area contributed by atoms with Gasteiger partial charge in [-0.15, -0.1) is 11.3 Å². The summed E-state index contributed by atoms with van der Waals surface area (Å²) in [5.41, 5.74) is 5.86. The first-order valence-electron chi connectivity index (χ1n) is 6.92. The fraction of sp³-hybridized carbons (Fsp3) is 0.571. The molecule has 0 saturated carbocycles. The molecule has 0 radical (unpaired) electrons. The molecular formula is C14H20N4S. The highest BCUT2D eigenvalue weighted by molar-refractivity contribution is 7.18. The molecule has 19 heavy (non-hydrogen) atoms. The molecule has 1 saturated heterocycles. The first-order chi connectivity index (χ1) is 9.13. The zero-order valence-corrected chi connectivity index (χ0v) is 12.3. The van der Waals surface area contributed by atoms with E-state index in [0.717, 1.165) is 35.0 Å². The number of fused-ring (bicyclic) bond motifs is 1.